The van der Waals surface area contributed by atoms with Gasteiger partial charge in [0.15, 0.2) is 0 Å². The van der Waals surface area contributed by atoms with Crippen molar-refractivity contribution in [2.75, 3.05) is 19.7 Å². The first-order chi connectivity index (χ1) is 11.7. The average molecular weight is 399 g/mol. The number of hydrogen-bond donors (Lipinski definition) is 1. The van der Waals surface area contributed by atoms with Crippen molar-refractivity contribution in [3.63, 3.8) is 0 Å². The van der Waals surface area contributed by atoms with Gasteiger partial charge in [0.05, 0.1) is 23.2 Å². The van der Waals surface area contributed by atoms with Gasteiger partial charge in [-0.2, -0.15) is 0 Å². The van der Waals surface area contributed by atoms with Crippen LogP contribution < -0.4 is 5.32 Å². The maximum Gasteiger partial charge on any atom is 0.223 e. The molecule has 0 unspecified atom stereocenters. The molecule has 0 radical (unpaired) electrons. The largest absolute Gasteiger partial charge is 0.352 e. The minimum atomic E-state index is 0. The molecule has 0 spiro atoms. The van der Waals surface area contributed by atoms with Gasteiger partial charge in [0.1, 0.15) is 5.69 Å². The third-order valence-corrected chi connectivity index (χ3v) is 4.04. The zero-order chi connectivity index (χ0) is 16.8. The van der Waals surface area contributed by atoms with Crippen LogP contribution in [0.3, 0.4) is 0 Å². The van der Waals surface area contributed by atoms with Gasteiger partial charge in [-0.1, -0.05) is 71.8 Å². The number of guanidine groups is 1. The Labute approximate surface area is 163 Å². The van der Waals surface area contributed by atoms with Crippen LogP contribution in [0.1, 0.15) is 5.56 Å². The fourth-order valence-electron chi connectivity index (χ4n) is 2.27. The SMILES string of the molecule is Cl.Clc1cccc(Cl)c1/N=C1\NCCN1OC/C=C/c1ccccc1. The Bertz CT molecular complexity index is 730. The van der Waals surface area contributed by atoms with E-state index in [2.05, 4.69) is 10.3 Å². The van der Waals surface area contributed by atoms with Crippen LogP contribution >= 0.6 is 35.6 Å². The summed E-state index contributed by atoms with van der Waals surface area (Å²) in [5.74, 6) is 0.609. The number of rotatable bonds is 5. The van der Waals surface area contributed by atoms with Crippen LogP contribution in [0.15, 0.2) is 59.6 Å². The summed E-state index contributed by atoms with van der Waals surface area (Å²) in [7, 11) is 0. The van der Waals surface area contributed by atoms with Crippen LogP contribution in [0, 0.1) is 0 Å². The Hall–Kier alpha value is -1.72. The Morgan fingerprint density at radius 1 is 1.08 bits per heavy atom. The molecule has 0 aliphatic carbocycles. The van der Waals surface area contributed by atoms with Gasteiger partial charge in [-0.3, -0.25) is 4.84 Å². The highest BCUT2D eigenvalue weighted by atomic mass is 35.5. The topological polar surface area (TPSA) is 36.9 Å². The van der Waals surface area contributed by atoms with E-state index in [1.54, 1.807) is 23.3 Å². The zero-order valence-corrected chi connectivity index (χ0v) is 15.7. The second kappa shape index (κ2) is 9.68. The molecule has 0 bridgehead atoms. The lowest BCUT2D eigenvalue weighted by molar-refractivity contribution is -0.0754. The molecular weight excluding hydrogens is 381 g/mol. The molecule has 1 fully saturated rings. The molecule has 132 valence electrons. The highest BCUT2D eigenvalue weighted by molar-refractivity contribution is 6.38. The smallest absolute Gasteiger partial charge is 0.223 e. The van der Waals surface area contributed by atoms with Crippen LogP contribution in [0.5, 0.6) is 0 Å². The predicted octanol–water partition coefficient (Wildman–Crippen LogP) is 4.95. The predicted molar refractivity (Wildman–Crippen MR) is 107 cm³/mol. The van der Waals surface area contributed by atoms with Crippen LogP contribution in [0.25, 0.3) is 6.08 Å². The van der Waals surface area contributed by atoms with Crippen LogP contribution in [-0.2, 0) is 4.84 Å². The molecule has 2 aromatic carbocycles. The molecule has 0 amide bonds. The zero-order valence-electron chi connectivity index (χ0n) is 13.4. The highest BCUT2D eigenvalue weighted by Gasteiger charge is 2.19. The van der Waals surface area contributed by atoms with E-state index in [-0.39, 0.29) is 12.4 Å². The lowest BCUT2D eigenvalue weighted by Gasteiger charge is -2.16. The van der Waals surface area contributed by atoms with Crippen molar-refractivity contribution in [2.45, 2.75) is 0 Å². The summed E-state index contributed by atoms with van der Waals surface area (Å²) in [4.78, 5) is 10.3. The van der Waals surface area contributed by atoms with E-state index in [4.69, 9.17) is 28.0 Å². The summed E-state index contributed by atoms with van der Waals surface area (Å²) in [5.41, 5.74) is 1.68. The molecular formula is C18H18Cl3N3O. The third kappa shape index (κ3) is 5.38. The van der Waals surface area contributed by atoms with Gasteiger partial charge in [-0.05, 0) is 17.7 Å². The summed E-state index contributed by atoms with van der Waals surface area (Å²) in [6.07, 6.45) is 3.99. The Morgan fingerprint density at radius 3 is 2.52 bits per heavy atom. The molecule has 2 aromatic rings. The number of nitrogens with one attached hydrogen (secondary N) is 1. The number of benzene rings is 2. The second-order valence-electron chi connectivity index (χ2n) is 5.14. The second-order valence-corrected chi connectivity index (χ2v) is 5.96. The number of aliphatic imine (C=N–C) groups is 1. The molecule has 0 atom stereocenters. The minimum absolute atomic E-state index is 0. The van der Waals surface area contributed by atoms with Crippen LogP contribution in [0.2, 0.25) is 10.0 Å². The molecule has 7 heteroatoms. The van der Waals surface area contributed by atoms with Gasteiger partial charge in [0.25, 0.3) is 0 Å². The van der Waals surface area contributed by atoms with E-state index in [0.717, 1.165) is 12.1 Å². The van der Waals surface area contributed by atoms with Gasteiger partial charge in [-0.15, -0.1) is 12.4 Å². The average Bonchev–Trinajstić information content (AvgIpc) is 3.03. The third-order valence-electron chi connectivity index (χ3n) is 3.43. The van der Waals surface area contributed by atoms with Crippen molar-refractivity contribution in [1.29, 1.82) is 0 Å². The first-order valence-corrected chi connectivity index (χ1v) is 8.38. The van der Waals surface area contributed by atoms with Crippen molar-refractivity contribution in [2.24, 2.45) is 4.99 Å². The number of hydroxylamine groups is 2. The van der Waals surface area contributed by atoms with Crippen molar-refractivity contribution in [1.82, 2.24) is 10.4 Å². The van der Waals surface area contributed by atoms with Gasteiger partial charge < -0.3 is 5.32 Å². The van der Waals surface area contributed by atoms with Gasteiger partial charge in [0, 0.05) is 6.54 Å². The summed E-state index contributed by atoms with van der Waals surface area (Å²) in [5, 5.41) is 5.91. The van der Waals surface area contributed by atoms with Crippen LogP contribution in [-0.4, -0.2) is 30.7 Å². The van der Waals surface area contributed by atoms with Crippen molar-refractivity contribution in [3.05, 3.63) is 70.2 Å². The molecule has 25 heavy (non-hydrogen) atoms. The van der Waals surface area contributed by atoms with E-state index in [0.29, 0.717) is 34.8 Å². The van der Waals surface area contributed by atoms with Crippen molar-refractivity contribution < 1.29 is 4.84 Å². The quantitative estimate of drug-likeness (QED) is 0.774. The number of hydrogen-bond acceptors (Lipinski definition) is 2. The summed E-state index contributed by atoms with van der Waals surface area (Å²) in [6, 6.07) is 15.4. The van der Waals surface area contributed by atoms with E-state index in [9.17, 15) is 0 Å². The highest BCUT2D eigenvalue weighted by Crippen LogP contribution is 2.33. The first kappa shape index (κ1) is 19.6. The number of halogens is 3. The molecule has 1 N–H and O–H groups in total. The fourth-order valence-corrected chi connectivity index (χ4v) is 2.75. The van der Waals surface area contributed by atoms with Gasteiger partial charge >= 0.3 is 0 Å². The number of nitrogens with zero attached hydrogens (tertiary/aromatic N) is 2. The van der Waals surface area contributed by atoms with E-state index < -0.39 is 0 Å². The summed E-state index contributed by atoms with van der Waals surface area (Å²) in [6.45, 7) is 1.91. The molecule has 0 saturated carbocycles. The van der Waals surface area contributed by atoms with E-state index in [1.807, 2.05) is 42.5 Å². The number of para-hydroxylation sites is 1. The molecule has 1 aliphatic heterocycles. The lowest BCUT2D eigenvalue weighted by atomic mass is 10.2. The molecule has 3 rings (SSSR count). The molecule has 1 heterocycles. The van der Waals surface area contributed by atoms with Crippen molar-refractivity contribution in [3.8, 4) is 0 Å². The molecule has 4 nitrogen and oxygen atoms in total. The van der Waals surface area contributed by atoms with E-state index >= 15 is 0 Å². The Balaban J connectivity index is 0.00000225. The minimum Gasteiger partial charge on any atom is -0.352 e. The lowest BCUT2D eigenvalue weighted by Crippen LogP contribution is -2.30. The van der Waals surface area contributed by atoms with Crippen molar-refractivity contribution >= 4 is 53.3 Å². The Kier molecular flexibility index (Phi) is 7.59. The van der Waals surface area contributed by atoms with E-state index in [1.165, 1.54) is 0 Å². The van der Waals surface area contributed by atoms with Crippen LogP contribution in [0.4, 0.5) is 5.69 Å². The first-order valence-electron chi connectivity index (χ1n) is 7.62. The molecule has 1 saturated heterocycles. The standard InChI is InChI=1S/C18H17Cl2N3O.ClH/c19-15-9-4-10-16(20)17(15)22-18-21-11-12-23(18)24-13-5-8-14-6-2-1-3-7-14;/h1-10H,11-13H2,(H,21,22);1H/b8-5+;. The normalized spacial score (nSPS) is 15.4. The van der Waals surface area contributed by atoms with Gasteiger partial charge in [-0.25, -0.2) is 10.1 Å². The fraction of sp³-hybridized carbons (Fsp3) is 0.167. The monoisotopic (exact) mass is 397 g/mol. The maximum absolute atomic E-state index is 6.16. The Morgan fingerprint density at radius 2 is 1.80 bits per heavy atom. The molecule has 1 aliphatic rings. The summed E-state index contributed by atoms with van der Waals surface area (Å²) >= 11 is 12.3. The molecule has 0 aromatic heterocycles. The van der Waals surface area contributed by atoms with Gasteiger partial charge in [0.2, 0.25) is 5.96 Å². The summed E-state index contributed by atoms with van der Waals surface area (Å²) < 4.78 is 0. The maximum atomic E-state index is 6.16.